The standard InChI is InChI=1S/C14H20N4O2/c1-9-5-14(6-9,12(15)18-20)13(19)17-8-11-4-3-10(2)16-7-11/h3-4,7,9,20H,5-6,8H2,1-2H3,(H2,15,18)(H,17,19). The van der Waals surface area contributed by atoms with Gasteiger partial charge in [0.1, 0.15) is 5.41 Å². The number of hydrogen-bond donors (Lipinski definition) is 3. The van der Waals surface area contributed by atoms with Gasteiger partial charge in [-0.1, -0.05) is 18.1 Å². The lowest BCUT2D eigenvalue weighted by atomic mass is 9.61. The van der Waals surface area contributed by atoms with E-state index in [1.54, 1.807) is 6.20 Å². The molecule has 2 rings (SSSR count). The van der Waals surface area contributed by atoms with E-state index in [9.17, 15) is 4.79 Å². The summed E-state index contributed by atoms with van der Waals surface area (Å²) < 4.78 is 0. The van der Waals surface area contributed by atoms with Crippen LogP contribution in [0.2, 0.25) is 0 Å². The molecule has 4 N–H and O–H groups in total. The number of aromatic nitrogens is 1. The third-order valence-corrected chi connectivity index (χ3v) is 3.85. The van der Waals surface area contributed by atoms with E-state index >= 15 is 0 Å². The minimum Gasteiger partial charge on any atom is -0.409 e. The summed E-state index contributed by atoms with van der Waals surface area (Å²) in [6.45, 7) is 4.34. The summed E-state index contributed by atoms with van der Waals surface area (Å²) in [7, 11) is 0. The van der Waals surface area contributed by atoms with Gasteiger partial charge in [-0.15, -0.1) is 0 Å². The van der Waals surface area contributed by atoms with Gasteiger partial charge in [0.05, 0.1) is 0 Å². The molecule has 1 fully saturated rings. The maximum absolute atomic E-state index is 12.3. The van der Waals surface area contributed by atoms with E-state index in [0.717, 1.165) is 11.3 Å². The van der Waals surface area contributed by atoms with Gasteiger partial charge in [-0.2, -0.15) is 0 Å². The molecule has 0 spiro atoms. The molecule has 6 nitrogen and oxygen atoms in total. The molecule has 1 heterocycles. The van der Waals surface area contributed by atoms with Crippen molar-refractivity contribution in [2.24, 2.45) is 22.2 Å². The Hall–Kier alpha value is -2.11. The molecule has 0 saturated heterocycles. The van der Waals surface area contributed by atoms with E-state index < -0.39 is 5.41 Å². The van der Waals surface area contributed by atoms with Crippen molar-refractivity contribution in [1.29, 1.82) is 0 Å². The van der Waals surface area contributed by atoms with E-state index in [4.69, 9.17) is 10.9 Å². The number of amides is 1. The molecule has 1 aromatic rings. The summed E-state index contributed by atoms with van der Waals surface area (Å²) in [6.07, 6.45) is 2.96. The monoisotopic (exact) mass is 276 g/mol. The lowest BCUT2D eigenvalue weighted by Gasteiger charge is -2.43. The molecule has 0 radical (unpaired) electrons. The molecule has 108 valence electrons. The Kier molecular flexibility index (Phi) is 3.92. The third-order valence-electron chi connectivity index (χ3n) is 3.85. The van der Waals surface area contributed by atoms with Crippen molar-refractivity contribution in [1.82, 2.24) is 10.3 Å². The van der Waals surface area contributed by atoms with Crippen LogP contribution >= 0.6 is 0 Å². The number of rotatable bonds is 4. The first-order valence-electron chi connectivity index (χ1n) is 6.66. The molecular weight excluding hydrogens is 256 g/mol. The van der Waals surface area contributed by atoms with Crippen LogP contribution in [0.4, 0.5) is 0 Å². The first-order chi connectivity index (χ1) is 9.48. The Balaban J connectivity index is 2.01. The average molecular weight is 276 g/mol. The number of nitrogens with zero attached hydrogens (tertiary/aromatic N) is 2. The van der Waals surface area contributed by atoms with E-state index in [0.29, 0.717) is 25.3 Å². The molecule has 0 unspecified atom stereocenters. The topological polar surface area (TPSA) is 101 Å². The van der Waals surface area contributed by atoms with Gasteiger partial charge >= 0.3 is 0 Å². The fourth-order valence-corrected chi connectivity index (χ4v) is 2.69. The van der Waals surface area contributed by atoms with Crippen molar-refractivity contribution in [2.75, 3.05) is 0 Å². The molecule has 1 aromatic heterocycles. The first-order valence-corrected chi connectivity index (χ1v) is 6.66. The van der Waals surface area contributed by atoms with Gasteiger partial charge in [0.15, 0.2) is 5.84 Å². The molecule has 6 heteroatoms. The van der Waals surface area contributed by atoms with Crippen LogP contribution in [0.5, 0.6) is 0 Å². The number of hydrogen-bond acceptors (Lipinski definition) is 4. The van der Waals surface area contributed by atoms with Crippen molar-refractivity contribution >= 4 is 11.7 Å². The van der Waals surface area contributed by atoms with Gasteiger partial charge < -0.3 is 16.3 Å². The average Bonchev–Trinajstić information content (AvgIpc) is 2.41. The maximum Gasteiger partial charge on any atom is 0.234 e. The fraction of sp³-hybridized carbons (Fsp3) is 0.500. The molecule has 0 aliphatic heterocycles. The maximum atomic E-state index is 12.3. The lowest BCUT2D eigenvalue weighted by Crippen LogP contribution is -2.56. The number of nitrogens with one attached hydrogen (secondary N) is 1. The molecule has 20 heavy (non-hydrogen) atoms. The molecule has 1 aliphatic carbocycles. The molecule has 0 aromatic carbocycles. The summed E-state index contributed by atoms with van der Waals surface area (Å²) in [6, 6.07) is 3.81. The van der Waals surface area contributed by atoms with Crippen LogP contribution in [0.1, 0.15) is 31.0 Å². The second kappa shape index (κ2) is 5.48. The minimum atomic E-state index is -0.855. The summed E-state index contributed by atoms with van der Waals surface area (Å²) in [5.74, 6) is 0.212. The number of carbonyl (C=O) groups excluding carboxylic acids is 1. The van der Waals surface area contributed by atoms with Crippen molar-refractivity contribution in [3.63, 3.8) is 0 Å². The number of carbonyl (C=O) groups is 1. The van der Waals surface area contributed by atoms with Crippen LogP contribution in [-0.2, 0) is 11.3 Å². The van der Waals surface area contributed by atoms with Crippen LogP contribution in [0.25, 0.3) is 0 Å². The van der Waals surface area contributed by atoms with Crippen molar-refractivity contribution in [3.8, 4) is 0 Å². The summed E-state index contributed by atoms with van der Waals surface area (Å²) in [5, 5.41) is 14.7. The Morgan fingerprint density at radius 1 is 1.60 bits per heavy atom. The molecule has 0 bridgehead atoms. The number of amidine groups is 1. The van der Waals surface area contributed by atoms with Crippen molar-refractivity contribution in [3.05, 3.63) is 29.6 Å². The highest BCUT2D eigenvalue weighted by Gasteiger charge is 2.52. The van der Waals surface area contributed by atoms with E-state index in [1.165, 1.54) is 0 Å². The van der Waals surface area contributed by atoms with E-state index in [-0.39, 0.29) is 11.7 Å². The Morgan fingerprint density at radius 3 is 2.80 bits per heavy atom. The summed E-state index contributed by atoms with van der Waals surface area (Å²) in [4.78, 5) is 16.5. The second-order valence-electron chi connectivity index (χ2n) is 5.57. The van der Waals surface area contributed by atoms with Crippen molar-refractivity contribution in [2.45, 2.75) is 33.2 Å². The Bertz CT molecular complexity index is 518. The van der Waals surface area contributed by atoms with Crippen LogP contribution in [-0.4, -0.2) is 21.9 Å². The van der Waals surface area contributed by atoms with Gasteiger partial charge in [0.2, 0.25) is 5.91 Å². The van der Waals surface area contributed by atoms with Gasteiger partial charge in [-0.05, 0) is 37.3 Å². The SMILES string of the molecule is Cc1ccc(CNC(=O)C2(/C(N)=N/O)CC(C)C2)cn1. The summed E-state index contributed by atoms with van der Waals surface area (Å²) in [5.41, 5.74) is 6.69. The zero-order valence-corrected chi connectivity index (χ0v) is 11.8. The van der Waals surface area contributed by atoms with Gasteiger partial charge in [-0.25, -0.2) is 0 Å². The van der Waals surface area contributed by atoms with Crippen LogP contribution in [0, 0.1) is 18.3 Å². The normalized spacial score (nSPS) is 25.9. The van der Waals surface area contributed by atoms with Crippen LogP contribution in [0.3, 0.4) is 0 Å². The highest BCUT2D eigenvalue weighted by molar-refractivity contribution is 6.07. The predicted octanol–water partition coefficient (Wildman–Crippen LogP) is 1.17. The molecule has 0 atom stereocenters. The molecule has 1 aliphatic rings. The van der Waals surface area contributed by atoms with Gasteiger partial charge in [0, 0.05) is 18.4 Å². The van der Waals surface area contributed by atoms with Crippen LogP contribution in [0.15, 0.2) is 23.5 Å². The van der Waals surface area contributed by atoms with E-state index in [2.05, 4.69) is 15.5 Å². The number of aryl methyl sites for hydroxylation is 1. The quantitative estimate of drug-likeness (QED) is 0.332. The zero-order valence-electron chi connectivity index (χ0n) is 11.8. The van der Waals surface area contributed by atoms with Crippen molar-refractivity contribution < 1.29 is 10.0 Å². The lowest BCUT2D eigenvalue weighted by molar-refractivity contribution is -0.133. The highest BCUT2D eigenvalue weighted by atomic mass is 16.4. The molecule has 1 amide bonds. The fourth-order valence-electron chi connectivity index (χ4n) is 2.69. The number of oxime groups is 1. The second-order valence-corrected chi connectivity index (χ2v) is 5.57. The minimum absolute atomic E-state index is 0.00451. The smallest absolute Gasteiger partial charge is 0.234 e. The van der Waals surface area contributed by atoms with Gasteiger partial charge in [-0.3, -0.25) is 9.78 Å². The third kappa shape index (κ3) is 2.59. The number of pyridine rings is 1. The molecular formula is C14H20N4O2. The van der Waals surface area contributed by atoms with Crippen LogP contribution < -0.4 is 11.1 Å². The first kappa shape index (κ1) is 14.3. The van der Waals surface area contributed by atoms with E-state index in [1.807, 2.05) is 26.0 Å². The zero-order chi connectivity index (χ0) is 14.8. The van der Waals surface area contributed by atoms with Gasteiger partial charge in [0.25, 0.3) is 0 Å². The summed E-state index contributed by atoms with van der Waals surface area (Å²) >= 11 is 0. The predicted molar refractivity (Wildman–Crippen MR) is 75.1 cm³/mol. The molecule has 1 saturated carbocycles. The highest BCUT2D eigenvalue weighted by Crippen LogP contribution is 2.45. The number of nitrogens with two attached hydrogens (primary N) is 1. The Morgan fingerprint density at radius 2 is 2.30 bits per heavy atom. The Labute approximate surface area is 118 Å². The largest absolute Gasteiger partial charge is 0.409 e.